The Morgan fingerprint density at radius 2 is 1.85 bits per heavy atom. The van der Waals surface area contributed by atoms with Crippen molar-refractivity contribution in [3.63, 3.8) is 0 Å². The molecule has 0 radical (unpaired) electrons. The van der Waals surface area contributed by atoms with Crippen LogP contribution in [0.5, 0.6) is 0 Å². The van der Waals surface area contributed by atoms with Crippen LogP contribution in [0, 0.1) is 0 Å². The van der Waals surface area contributed by atoms with E-state index in [0.717, 1.165) is 18.4 Å². The molecule has 0 saturated carbocycles. The third-order valence-corrected chi connectivity index (χ3v) is 5.80. The Morgan fingerprint density at radius 3 is 2.48 bits per heavy atom. The van der Waals surface area contributed by atoms with Crippen molar-refractivity contribution in [1.82, 2.24) is 4.72 Å². The fraction of sp³-hybridized carbons (Fsp3) is 0.350. The van der Waals surface area contributed by atoms with Crippen LogP contribution in [-0.4, -0.2) is 32.1 Å². The smallest absolute Gasteiger partial charge is 0.335 e. The largest absolute Gasteiger partial charge is 0.478 e. The summed E-state index contributed by atoms with van der Waals surface area (Å²) in [5.41, 5.74) is 1.46. The highest BCUT2D eigenvalue weighted by atomic mass is 32.2. The van der Waals surface area contributed by atoms with E-state index >= 15 is 0 Å². The van der Waals surface area contributed by atoms with Crippen molar-refractivity contribution in [3.8, 4) is 0 Å². The topological polar surface area (TPSA) is 95.5 Å². The summed E-state index contributed by atoms with van der Waals surface area (Å²) < 4.78 is 28.2. The van der Waals surface area contributed by atoms with E-state index in [2.05, 4.69) is 10.0 Å². The summed E-state index contributed by atoms with van der Waals surface area (Å²) in [6, 6.07) is 13.7. The fourth-order valence-corrected chi connectivity index (χ4v) is 4.32. The van der Waals surface area contributed by atoms with Crippen molar-refractivity contribution in [3.05, 3.63) is 59.7 Å². The Morgan fingerprint density at radius 1 is 1.15 bits per heavy atom. The van der Waals surface area contributed by atoms with Crippen molar-refractivity contribution in [2.75, 3.05) is 11.9 Å². The number of carboxylic acids is 1. The van der Waals surface area contributed by atoms with Crippen LogP contribution in [0.3, 0.4) is 0 Å². The van der Waals surface area contributed by atoms with Crippen LogP contribution >= 0.6 is 0 Å². The molecule has 0 fully saturated rings. The Bertz CT molecular complexity index is 867. The summed E-state index contributed by atoms with van der Waals surface area (Å²) >= 11 is 0. The highest BCUT2D eigenvalue weighted by Gasteiger charge is 2.22. The average Bonchev–Trinajstić information content (AvgIpc) is 2.62. The van der Waals surface area contributed by atoms with E-state index in [4.69, 9.17) is 0 Å². The third kappa shape index (κ3) is 6.08. The van der Waals surface area contributed by atoms with Gasteiger partial charge in [-0.2, -0.15) is 0 Å². The first-order valence-electron chi connectivity index (χ1n) is 9.01. The number of carbonyl (C=O) groups is 1. The second-order valence-electron chi connectivity index (χ2n) is 6.49. The lowest BCUT2D eigenvalue weighted by atomic mass is 10.1. The molecule has 27 heavy (non-hydrogen) atoms. The van der Waals surface area contributed by atoms with Gasteiger partial charge in [0.25, 0.3) is 0 Å². The van der Waals surface area contributed by atoms with E-state index in [0.29, 0.717) is 18.7 Å². The zero-order valence-electron chi connectivity index (χ0n) is 15.6. The summed E-state index contributed by atoms with van der Waals surface area (Å²) in [7, 11) is -3.84. The molecule has 0 spiro atoms. The van der Waals surface area contributed by atoms with Gasteiger partial charge in [-0.05, 0) is 43.5 Å². The normalized spacial score (nSPS) is 12.5. The summed E-state index contributed by atoms with van der Waals surface area (Å²) in [4.78, 5) is 11.2. The summed E-state index contributed by atoms with van der Waals surface area (Å²) in [6.45, 7) is 4.31. The molecule has 0 unspecified atom stereocenters. The second kappa shape index (κ2) is 9.53. The predicted octanol–water partition coefficient (Wildman–Crippen LogP) is 3.51. The van der Waals surface area contributed by atoms with Crippen LogP contribution in [0.25, 0.3) is 0 Å². The predicted molar refractivity (Wildman–Crippen MR) is 107 cm³/mol. The van der Waals surface area contributed by atoms with Crippen molar-refractivity contribution >= 4 is 21.7 Å². The molecule has 146 valence electrons. The lowest BCUT2D eigenvalue weighted by Crippen LogP contribution is -2.33. The Labute approximate surface area is 160 Å². The number of benzene rings is 2. The SMILES string of the molecule is CCC[C@@H](C)NS(=O)(=O)c1cc(C(=O)O)ccc1NCCc1ccccc1. The monoisotopic (exact) mass is 390 g/mol. The van der Waals surface area contributed by atoms with Gasteiger partial charge in [-0.15, -0.1) is 0 Å². The maximum atomic E-state index is 12.8. The lowest BCUT2D eigenvalue weighted by Gasteiger charge is -2.17. The molecule has 0 bridgehead atoms. The van der Waals surface area contributed by atoms with Gasteiger partial charge in [0.1, 0.15) is 4.90 Å². The van der Waals surface area contributed by atoms with Gasteiger partial charge in [0, 0.05) is 12.6 Å². The molecular weight excluding hydrogens is 364 g/mol. The Hall–Kier alpha value is -2.38. The number of hydrogen-bond acceptors (Lipinski definition) is 4. The molecule has 0 saturated heterocycles. The number of sulfonamides is 1. The Kier molecular flexibility index (Phi) is 7.38. The fourth-order valence-electron chi connectivity index (χ4n) is 2.83. The van der Waals surface area contributed by atoms with E-state index in [9.17, 15) is 18.3 Å². The quantitative estimate of drug-likeness (QED) is 0.577. The standard InChI is InChI=1S/C20H26N2O4S/c1-3-7-15(2)22-27(25,26)19-14-17(20(23)24)10-11-18(19)21-13-12-16-8-5-4-6-9-16/h4-6,8-11,14-15,21-22H,3,7,12-13H2,1-2H3,(H,23,24)/t15-/m1/s1. The number of rotatable bonds is 10. The van der Waals surface area contributed by atoms with Crippen molar-refractivity contribution in [1.29, 1.82) is 0 Å². The first-order valence-corrected chi connectivity index (χ1v) is 10.5. The summed E-state index contributed by atoms with van der Waals surface area (Å²) in [6.07, 6.45) is 2.27. The van der Waals surface area contributed by atoms with Gasteiger partial charge < -0.3 is 10.4 Å². The molecule has 2 rings (SSSR count). The zero-order valence-corrected chi connectivity index (χ0v) is 16.4. The number of hydrogen-bond donors (Lipinski definition) is 3. The van der Waals surface area contributed by atoms with E-state index in [1.54, 1.807) is 6.92 Å². The first kappa shape index (κ1) is 20.9. The highest BCUT2D eigenvalue weighted by molar-refractivity contribution is 7.89. The van der Waals surface area contributed by atoms with Gasteiger partial charge in [0.05, 0.1) is 11.3 Å². The number of anilines is 1. The van der Waals surface area contributed by atoms with Gasteiger partial charge in [-0.25, -0.2) is 17.9 Å². The van der Waals surface area contributed by atoms with Crippen LogP contribution in [0.2, 0.25) is 0 Å². The molecule has 7 heteroatoms. The molecule has 2 aromatic rings. The van der Waals surface area contributed by atoms with E-state index in [1.807, 2.05) is 37.3 Å². The van der Waals surface area contributed by atoms with Crippen LogP contribution < -0.4 is 10.0 Å². The molecule has 0 amide bonds. The van der Waals surface area contributed by atoms with E-state index < -0.39 is 16.0 Å². The van der Waals surface area contributed by atoms with Crippen LogP contribution in [-0.2, 0) is 16.4 Å². The molecule has 0 aliphatic rings. The van der Waals surface area contributed by atoms with Gasteiger partial charge in [0.2, 0.25) is 10.0 Å². The highest BCUT2D eigenvalue weighted by Crippen LogP contribution is 2.24. The van der Waals surface area contributed by atoms with Crippen LogP contribution in [0.4, 0.5) is 5.69 Å². The van der Waals surface area contributed by atoms with Crippen LogP contribution in [0.15, 0.2) is 53.4 Å². The maximum Gasteiger partial charge on any atom is 0.335 e. The average molecular weight is 391 g/mol. The van der Waals surface area contributed by atoms with E-state index in [-0.39, 0.29) is 16.5 Å². The maximum absolute atomic E-state index is 12.8. The molecule has 0 aliphatic heterocycles. The van der Waals surface area contributed by atoms with Crippen molar-refractivity contribution < 1.29 is 18.3 Å². The van der Waals surface area contributed by atoms with Crippen molar-refractivity contribution in [2.45, 2.75) is 44.0 Å². The zero-order chi connectivity index (χ0) is 19.9. The molecule has 6 nitrogen and oxygen atoms in total. The Balaban J connectivity index is 2.24. The molecule has 3 N–H and O–H groups in total. The number of nitrogens with one attached hydrogen (secondary N) is 2. The molecule has 0 aliphatic carbocycles. The molecule has 1 atom stereocenters. The van der Waals surface area contributed by atoms with Crippen LogP contribution in [0.1, 0.15) is 42.6 Å². The molecular formula is C20H26N2O4S. The molecule has 0 heterocycles. The minimum absolute atomic E-state index is 0.0431. The van der Waals surface area contributed by atoms with Gasteiger partial charge in [0.15, 0.2) is 0 Å². The summed E-state index contributed by atoms with van der Waals surface area (Å²) in [5, 5.41) is 12.3. The third-order valence-electron chi connectivity index (χ3n) is 4.17. The second-order valence-corrected chi connectivity index (χ2v) is 8.17. The molecule has 0 aromatic heterocycles. The number of carboxylic acid groups (broad SMARTS) is 1. The number of aromatic carboxylic acids is 1. The minimum atomic E-state index is -3.84. The molecule has 2 aromatic carbocycles. The van der Waals surface area contributed by atoms with Gasteiger partial charge >= 0.3 is 5.97 Å². The van der Waals surface area contributed by atoms with E-state index in [1.165, 1.54) is 18.2 Å². The van der Waals surface area contributed by atoms with Gasteiger partial charge in [-0.3, -0.25) is 0 Å². The van der Waals surface area contributed by atoms with Gasteiger partial charge in [-0.1, -0.05) is 43.7 Å². The minimum Gasteiger partial charge on any atom is -0.478 e. The first-order chi connectivity index (χ1) is 12.8. The van der Waals surface area contributed by atoms with Crippen molar-refractivity contribution in [2.24, 2.45) is 0 Å². The lowest BCUT2D eigenvalue weighted by molar-refractivity contribution is 0.0696. The summed E-state index contributed by atoms with van der Waals surface area (Å²) in [5.74, 6) is -1.16.